The van der Waals surface area contributed by atoms with Gasteiger partial charge in [-0.2, -0.15) is 18.3 Å². The molecule has 0 spiro atoms. The second-order valence-electron chi connectivity index (χ2n) is 6.54. The minimum atomic E-state index is -4.43. The van der Waals surface area contributed by atoms with E-state index in [4.69, 9.17) is 23.2 Å². The molecule has 3 aromatic rings. The lowest BCUT2D eigenvalue weighted by molar-refractivity contribution is -0.137. The zero-order valence-corrected chi connectivity index (χ0v) is 16.1. The van der Waals surface area contributed by atoms with Gasteiger partial charge >= 0.3 is 6.18 Å². The highest BCUT2D eigenvalue weighted by Crippen LogP contribution is 2.35. The van der Waals surface area contributed by atoms with E-state index in [9.17, 15) is 13.2 Å². The Balaban J connectivity index is 1.56. The van der Waals surface area contributed by atoms with Gasteiger partial charge in [0.2, 0.25) is 0 Å². The summed E-state index contributed by atoms with van der Waals surface area (Å²) in [6.07, 6.45) is -2.74. The van der Waals surface area contributed by atoms with Crippen molar-refractivity contribution < 1.29 is 13.2 Å². The van der Waals surface area contributed by atoms with E-state index >= 15 is 0 Å². The number of aromatic nitrogens is 2. The zero-order chi connectivity index (χ0) is 19.9. The van der Waals surface area contributed by atoms with Crippen molar-refractivity contribution >= 4 is 45.5 Å². The van der Waals surface area contributed by atoms with Crippen molar-refractivity contribution in [1.82, 2.24) is 10.2 Å². The van der Waals surface area contributed by atoms with Gasteiger partial charge in [0.25, 0.3) is 0 Å². The third kappa shape index (κ3) is 3.69. The Morgan fingerprint density at radius 1 is 0.929 bits per heavy atom. The molecule has 0 amide bonds. The van der Waals surface area contributed by atoms with Crippen LogP contribution in [-0.4, -0.2) is 36.4 Å². The summed E-state index contributed by atoms with van der Waals surface area (Å²) in [5.74, 6) is 0. The Bertz CT molecular complexity index is 1020. The maximum atomic E-state index is 13.1. The number of nitrogens with zero attached hydrogens (tertiary/aromatic N) is 4. The van der Waals surface area contributed by atoms with Crippen LogP contribution in [0.15, 0.2) is 42.6 Å². The lowest BCUT2D eigenvalue weighted by Gasteiger charge is -2.37. The fourth-order valence-electron chi connectivity index (χ4n) is 3.41. The normalized spacial score (nSPS) is 15.3. The summed E-state index contributed by atoms with van der Waals surface area (Å²) >= 11 is 12.1. The molecule has 0 aliphatic carbocycles. The fraction of sp³-hybridized carbons (Fsp3) is 0.263. The first-order chi connectivity index (χ1) is 13.3. The topological polar surface area (TPSA) is 32.3 Å². The van der Waals surface area contributed by atoms with Crippen LogP contribution in [0.4, 0.5) is 24.5 Å². The summed E-state index contributed by atoms with van der Waals surface area (Å²) in [7, 11) is 0. The summed E-state index contributed by atoms with van der Waals surface area (Å²) in [5.41, 5.74) is 1.28. The summed E-state index contributed by atoms with van der Waals surface area (Å²) in [4.78, 5) is 4.04. The quantitative estimate of drug-likeness (QED) is 0.557. The van der Waals surface area contributed by atoms with E-state index in [-0.39, 0.29) is 5.02 Å². The number of anilines is 2. The largest absolute Gasteiger partial charge is 0.416 e. The van der Waals surface area contributed by atoms with Crippen LogP contribution >= 0.6 is 23.2 Å². The van der Waals surface area contributed by atoms with Crippen molar-refractivity contribution in [3.8, 4) is 0 Å². The summed E-state index contributed by atoms with van der Waals surface area (Å²) in [6.45, 7) is 2.37. The van der Waals surface area contributed by atoms with Crippen LogP contribution in [-0.2, 0) is 6.18 Å². The Hall–Kier alpha value is -2.25. The number of benzene rings is 2. The second-order valence-corrected chi connectivity index (χ2v) is 7.38. The monoisotopic (exact) mass is 426 g/mol. The minimum Gasteiger partial charge on any atom is -0.368 e. The standard InChI is InChI=1S/C19H15Cl2F3N4/c20-13-8-12(19(22,23)24)9-14(10-13)27-4-6-28(7-5-27)17-11-25-26-18-15(17)2-1-3-16(18)21/h1-3,8-11H,4-7H2. The van der Waals surface area contributed by atoms with E-state index < -0.39 is 11.7 Å². The van der Waals surface area contributed by atoms with E-state index in [0.717, 1.165) is 23.2 Å². The van der Waals surface area contributed by atoms with E-state index in [1.807, 2.05) is 17.0 Å². The molecule has 0 radical (unpaired) electrons. The van der Waals surface area contributed by atoms with Gasteiger partial charge in [-0.3, -0.25) is 0 Å². The van der Waals surface area contributed by atoms with E-state index in [1.165, 1.54) is 0 Å². The molecule has 2 heterocycles. The molecular weight excluding hydrogens is 412 g/mol. The number of piperazine rings is 1. The number of hydrogen-bond acceptors (Lipinski definition) is 4. The zero-order valence-electron chi connectivity index (χ0n) is 14.5. The molecule has 9 heteroatoms. The average Bonchev–Trinajstić information content (AvgIpc) is 2.67. The lowest BCUT2D eigenvalue weighted by atomic mass is 10.1. The third-order valence-electron chi connectivity index (χ3n) is 4.80. The molecule has 1 aromatic heterocycles. The minimum absolute atomic E-state index is 0.0752. The first-order valence-electron chi connectivity index (χ1n) is 8.60. The second kappa shape index (κ2) is 7.29. The van der Waals surface area contributed by atoms with Crippen molar-refractivity contribution in [1.29, 1.82) is 0 Å². The van der Waals surface area contributed by atoms with Crippen molar-refractivity contribution in [3.05, 3.63) is 58.2 Å². The Labute approximate surface area is 169 Å². The smallest absolute Gasteiger partial charge is 0.368 e. The summed E-state index contributed by atoms with van der Waals surface area (Å²) in [5, 5.41) is 9.65. The fourth-order valence-corrected chi connectivity index (χ4v) is 3.85. The van der Waals surface area contributed by atoms with Crippen molar-refractivity contribution in [2.24, 2.45) is 0 Å². The molecule has 0 atom stereocenters. The molecule has 0 bridgehead atoms. The molecular formula is C19H15Cl2F3N4. The number of rotatable bonds is 2. The predicted molar refractivity (Wildman–Crippen MR) is 105 cm³/mol. The van der Waals surface area contributed by atoms with Crippen LogP contribution < -0.4 is 9.80 Å². The number of alkyl halides is 3. The van der Waals surface area contributed by atoms with Gasteiger partial charge in [-0.05, 0) is 24.3 Å². The van der Waals surface area contributed by atoms with Crippen molar-refractivity contribution in [2.45, 2.75) is 6.18 Å². The molecule has 0 N–H and O–H groups in total. The van der Waals surface area contributed by atoms with Gasteiger partial charge in [-0.15, -0.1) is 5.10 Å². The SMILES string of the molecule is FC(F)(F)c1cc(Cl)cc(N2CCN(c3cnnc4c(Cl)cccc34)CC2)c1. The van der Waals surface area contributed by atoms with Crippen LogP contribution in [0.25, 0.3) is 10.9 Å². The van der Waals surface area contributed by atoms with E-state index in [1.54, 1.807) is 18.3 Å². The molecule has 0 saturated carbocycles. The van der Waals surface area contributed by atoms with E-state index in [2.05, 4.69) is 15.1 Å². The highest BCUT2D eigenvalue weighted by atomic mass is 35.5. The molecule has 1 aliphatic rings. The van der Waals surface area contributed by atoms with E-state index in [0.29, 0.717) is 42.4 Å². The van der Waals surface area contributed by atoms with Crippen LogP contribution in [0.5, 0.6) is 0 Å². The van der Waals surface area contributed by atoms with Crippen LogP contribution in [0.2, 0.25) is 10.0 Å². The maximum absolute atomic E-state index is 13.1. The van der Waals surface area contributed by atoms with Gasteiger partial charge in [0.1, 0.15) is 5.52 Å². The van der Waals surface area contributed by atoms with Gasteiger partial charge in [-0.25, -0.2) is 0 Å². The van der Waals surface area contributed by atoms with Crippen LogP contribution in [0, 0.1) is 0 Å². The molecule has 1 aliphatic heterocycles. The molecule has 4 rings (SSSR count). The Morgan fingerprint density at radius 3 is 2.36 bits per heavy atom. The molecule has 2 aromatic carbocycles. The number of hydrogen-bond donors (Lipinski definition) is 0. The molecule has 1 fully saturated rings. The first-order valence-corrected chi connectivity index (χ1v) is 9.36. The predicted octanol–water partition coefficient (Wildman–Crippen LogP) is 5.28. The first kappa shape index (κ1) is 19.1. The van der Waals surface area contributed by atoms with Crippen LogP contribution in [0.3, 0.4) is 0 Å². The average molecular weight is 427 g/mol. The van der Waals surface area contributed by atoms with Gasteiger partial charge in [-0.1, -0.05) is 35.3 Å². The molecule has 146 valence electrons. The molecule has 4 nitrogen and oxygen atoms in total. The third-order valence-corrected chi connectivity index (χ3v) is 5.32. The summed E-state index contributed by atoms with van der Waals surface area (Å²) in [6, 6.07) is 9.21. The van der Waals surface area contributed by atoms with Gasteiger partial charge < -0.3 is 9.80 Å². The molecule has 0 unspecified atom stereocenters. The maximum Gasteiger partial charge on any atom is 0.416 e. The van der Waals surface area contributed by atoms with Crippen molar-refractivity contribution in [3.63, 3.8) is 0 Å². The van der Waals surface area contributed by atoms with Crippen LogP contribution in [0.1, 0.15) is 5.56 Å². The lowest BCUT2D eigenvalue weighted by Crippen LogP contribution is -2.46. The molecule has 28 heavy (non-hydrogen) atoms. The van der Waals surface area contributed by atoms with Gasteiger partial charge in [0.05, 0.1) is 22.5 Å². The summed E-state index contributed by atoms with van der Waals surface area (Å²) < 4.78 is 39.2. The Morgan fingerprint density at radius 2 is 1.64 bits per heavy atom. The number of fused-ring (bicyclic) bond motifs is 1. The van der Waals surface area contributed by atoms with Crippen molar-refractivity contribution in [2.75, 3.05) is 36.0 Å². The highest BCUT2D eigenvalue weighted by molar-refractivity contribution is 6.35. The highest BCUT2D eigenvalue weighted by Gasteiger charge is 2.32. The Kier molecular flexibility index (Phi) is 4.97. The molecule has 1 saturated heterocycles. The van der Waals surface area contributed by atoms with Gasteiger partial charge in [0.15, 0.2) is 0 Å². The van der Waals surface area contributed by atoms with Gasteiger partial charge in [0, 0.05) is 42.3 Å². The number of halogens is 5.